The van der Waals surface area contributed by atoms with E-state index in [4.69, 9.17) is 15.2 Å². The lowest BCUT2D eigenvalue weighted by Crippen LogP contribution is -2.47. The van der Waals surface area contributed by atoms with Crippen molar-refractivity contribution in [2.45, 2.75) is 43.9 Å². The predicted molar refractivity (Wildman–Crippen MR) is 75.2 cm³/mol. The van der Waals surface area contributed by atoms with Crippen molar-refractivity contribution in [1.82, 2.24) is 9.55 Å². The largest absolute Gasteiger partial charge is 0.379 e. The summed E-state index contributed by atoms with van der Waals surface area (Å²) in [5.74, 6) is 0. The monoisotopic (exact) mass is 335 g/mol. The number of hydrogen-bond acceptors (Lipinski definition) is 6. The first-order valence-corrected chi connectivity index (χ1v) is 7.06. The van der Waals surface area contributed by atoms with Gasteiger partial charge in [-0.3, -0.25) is 14.3 Å². The second kappa shape index (κ2) is 6.87. The number of halogens is 2. The summed E-state index contributed by atoms with van der Waals surface area (Å²) in [6.07, 6.45) is -5.02. The Morgan fingerprint density at radius 1 is 1.48 bits per heavy atom. The average molecular weight is 335 g/mol. The van der Waals surface area contributed by atoms with E-state index in [1.807, 2.05) is 4.98 Å². The Morgan fingerprint density at radius 3 is 2.74 bits per heavy atom. The quantitative estimate of drug-likeness (QED) is 0.745. The fraction of sp³-hybridized carbons (Fsp3) is 0.692. The maximum Gasteiger partial charge on any atom is 0.379 e. The van der Waals surface area contributed by atoms with Gasteiger partial charge in [-0.2, -0.15) is 8.78 Å². The molecule has 0 bridgehead atoms. The van der Waals surface area contributed by atoms with E-state index in [0.717, 1.165) is 23.9 Å². The Hall–Kier alpha value is -1.62. The van der Waals surface area contributed by atoms with Gasteiger partial charge in [0.05, 0.1) is 12.1 Å². The predicted octanol–water partition coefficient (Wildman–Crippen LogP) is -0.204. The zero-order chi connectivity index (χ0) is 17.2. The molecule has 1 saturated heterocycles. The van der Waals surface area contributed by atoms with Gasteiger partial charge in [0.1, 0.15) is 12.7 Å². The number of rotatable bonds is 6. The van der Waals surface area contributed by atoms with Crippen molar-refractivity contribution in [2.24, 2.45) is 5.73 Å². The Labute approximate surface area is 130 Å². The summed E-state index contributed by atoms with van der Waals surface area (Å²) >= 11 is 0. The van der Waals surface area contributed by atoms with Crippen LogP contribution in [-0.4, -0.2) is 47.6 Å². The molecule has 0 aromatic carbocycles. The van der Waals surface area contributed by atoms with Crippen molar-refractivity contribution >= 4 is 0 Å². The summed E-state index contributed by atoms with van der Waals surface area (Å²) in [6.45, 7) is 0.813. The van der Waals surface area contributed by atoms with Crippen LogP contribution in [0.5, 0.6) is 0 Å². The Balaban J connectivity index is 2.34. The molecule has 1 aromatic rings. The van der Waals surface area contributed by atoms with E-state index in [2.05, 4.69) is 4.74 Å². The maximum absolute atomic E-state index is 13.7. The SMILES string of the molecule is CC[C@H]1O[C@@H](n2ccc(=O)[nH]c2=O)[C@H](OC(F)(F)COC)[C@@H]1N. The van der Waals surface area contributed by atoms with Crippen LogP contribution in [0.15, 0.2) is 21.9 Å². The first-order valence-electron chi connectivity index (χ1n) is 7.06. The van der Waals surface area contributed by atoms with E-state index in [1.165, 1.54) is 0 Å². The molecule has 1 aromatic heterocycles. The van der Waals surface area contributed by atoms with E-state index in [9.17, 15) is 18.4 Å². The van der Waals surface area contributed by atoms with Crippen LogP contribution >= 0.6 is 0 Å². The Morgan fingerprint density at radius 2 is 2.17 bits per heavy atom. The van der Waals surface area contributed by atoms with Gasteiger partial charge in [0.2, 0.25) is 0 Å². The van der Waals surface area contributed by atoms with Crippen molar-refractivity contribution in [1.29, 1.82) is 0 Å². The molecule has 2 rings (SSSR count). The minimum Gasteiger partial charge on any atom is -0.376 e. The summed E-state index contributed by atoms with van der Waals surface area (Å²) in [5, 5.41) is 0. The second-order valence-corrected chi connectivity index (χ2v) is 5.22. The number of aromatic nitrogens is 2. The van der Waals surface area contributed by atoms with Crippen LogP contribution in [0.3, 0.4) is 0 Å². The van der Waals surface area contributed by atoms with Crippen molar-refractivity contribution in [3.63, 3.8) is 0 Å². The van der Waals surface area contributed by atoms with Crippen LogP contribution in [0.4, 0.5) is 8.78 Å². The van der Waals surface area contributed by atoms with Gasteiger partial charge < -0.3 is 19.9 Å². The van der Waals surface area contributed by atoms with E-state index in [1.54, 1.807) is 6.92 Å². The van der Waals surface area contributed by atoms with E-state index in [0.29, 0.717) is 6.42 Å². The number of methoxy groups -OCH3 is 1. The van der Waals surface area contributed by atoms with Gasteiger partial charge in [0.15, 0.2) is 6.23 Å². The van der Waals surface area contributed by atoms with Crippen molar-refractivity contribution in [2.75, 3.05) is 13.7 Å². The Bertz CT molecular complexity index is 647. The molecule has 0 aliphatic carbocycles. The minimum absolute atomic E-state index is 0.450. The van der Waals surface area contributed by atoms with Crippen LogP contribution in [-0.2, 0) is 14.2 Å². The minimum atomic E-state index is -3.59. The third-order valence-corrected chi connectivity index (χ3v) is 3.55. The fourth-order valence-corrected chi connectivity index (χ4v) is 2.51. The van der Waals surface area contributed by atoms with E-state index >= 15 is 0 Å². The molecule has 0 saturated carbocycles. The molecule has 1 aliphatic rings. The molecule has 130 valence electrons. The molecule has 0 spiro atoms. The van der Waals surface area contributed by atoms with Crippen molar-refractivity contribution in [3.05, 3.63) is 33.1 Å². The molecular weight excluding hydrogens is 316 g/mol. The number of nitrogens with two attached hydrogens (primary N) is 1. The number of ether oxygens (including phenoxy) is 3. The number of alkyl halides is 2. The van der Waals surface area contributed by atoms with E-state index in [-0.39, 0.29) is 0 Å². The van der Waals surface area contributed by atoms with Gasteiger partial charge in [-0.05, 0) is 6.42 Å². The summed E-state index contributed by atoms with van der Waals surface area (Å²) in [5.41, 5.74) is 4.53. The summed E-state index contributed by atoms with van der Waals surface area (Å²) < 4.78 is 43.2. The lowest BCUT2D eigenvalue weighted by molar-refractivity contribution is -0.293. The lowest BCUT2D eigenvalue weighted by atomic mass is 10.1. The second-order valence-electron chi connectivity index (χ2n) is 5.22. The molecule has 0 unspecified atom stereocenters. The van der Waals surface area contributed by atoms with Crippen LogP contribution in [0.25, 0.3) is 0 Å². The molecule has 23 heavy (non-hydrogen) atoms. The smallest absolute Gasteiger partial charge is 0.376 e. The number of hydrogen-bond donors (Lipinski definition) is 2. The highest BCUT2D eigenvalue weighted by atomic mass is 19.3. The number of nitrogens with zero attached hydrogens (tertiary/aromatic N) is 1. The number of nitrogens with one attached hydrogen (secondary N) is 1. The average Bonchev–Trinajstić information content (AvgIpc) is 2.75. The molecule has 3 N–H and O–H groups in total. The van der Waals surface area contributed by atoms with Gasteiger partial charge >= 0.3 is 11.8 Å². The molecule has 10 heteroatoms. The first-order chi connectivity index (χ1) is 10.8. The summed E-state index contributed by atoms with van der Waals surface area (Å²) in [6, 6.07) is 0.214. The standard InChI is InChI=1S/C13H19F2N3O5/c1-3-7-9(16)10(23-13(14,15)6-21-2)11(22-7)18-5-4-8(19)17-12(18)20/h4-5,7,9-11H,3,6,16H2,1-2H3,(H,17,19,20)/t7-,9-,10-,11-/m1/s1. The molecule has 0 radical (unpaired) electrons. The van der Waals surface area contributed by atoms with Crippen molar-refractivity contribution in [3.8, 4) is 0 Å². The third kappa shape index (κ3) is 3.83. The topological polar surface area (TPSA) is 109 Å². The van der Waals surface area contributed by atoms with Crippen LogP contribution < -0.4 is 17.0 Å². The molecule has 2 heterocycles. The van der Waals surface area contributed by atoms with Gasteiger partial charge in [0, 0.05) is 19.4 Å². The molecule has 1 aliphatic heterocycles. The Kier molecular flexibility index (Phi) is 5.30. The van der Waals surface area contributed by atoms with Gasteiger partial charge in [-0.1, -0.05) is 6.92 Å². The molecule has 1 fully saturated rings. The third-order valence-electron chi connectivity index (χ3n) is 3.55. The highest BCUT2D eigenvalue weighted by molar-refractivity contribution is 4.96. The zero-order valence-corrected chi connectivity index (χ0v) is 12.7. The van der Waals surface area contributed by atoms with Crippen LogP contribution in [0, 0.1) is 0 Å². The molecule has 0 amide bonds. The normalized spacial score (nSPS) is 28.2. The lowest BCUT2D eigenvalue weighted by Gasteiger charge is -2.27. The number of H-pyrrole nitrogens is 1. The zero-order valence-electron chi connectivity index (χ0n) is 12.7. The van der Waals surface area contributed by atoms with Crippen molar-refractivity contribution < 1.29 is 23.0 Å². The molecule has 4 atom stereocenters. The van der Waals surface area contributed by atoms with Gasteiger partial charge in [0.25, 0.3) is 5.56 Å². The highest BCUT2D eigenvalue weighted by Gasteiger charge is 2.48. The first kappa shape index (κ1) is 17.7. The fourth-order valence-electron chi connectivity index (χ4n) is 2.51. The molecule has 8 nitrogen and oxygen atoms in total. The highest BCUT2D eigenvalue weighted by Crippen LogP contribution is 2.34. The summed E-state index contributed by atoms with van der Waals surface area (Å²) in [4.78, 5) is 25.1. The van der Waals surface area contributed by atoms with Crippen LogP contribution in [0.1, 0.15) is 19.6 Å². The van der Waals surface area contributed by atoms with Gasteiger partial charge in [-0.25, -0.2) is 4.79 Å². The summed E-state index contributed by atoms with van der Waals surface area (Å²) in [7, 11) is 1.11. The number of aromatic amines is 1. The van der Waals surface area contributed by atoms with Crippen LogP contribution in [0.2, 0.25) is 0 Å². The van der Waals surface area contributed by atoms with E-state index < -0.39 is 48.4 Å². The van der Waals surface area contributed by atoms with Gasteiger partial charge in [-0.15, -0.1) is 0 Å². The maximum atomic E-state index is 13.7. The molecular formula is C13H19F2N3O5.